The minimum atomic E-state index is -4.91. The maximum atomic E-state index is 13.0. The summed E-state index contributed by atoms with van der Waals surface area (Å²) >= 11 is 0.984. The van der Waals surface area contributed by atoms with Crippen molar-refractivity contribution < 1.29 is 46.5 Å². The highest BCUT2D eigenvalue weighted by Crippen LogP contribution is 2.39. The zero-order valence-corrected chi connectivity index (χ0v) is 21.9. The number of rotatable bonds is 9. The molecule has 36 heavy (non-hydrogen) atoms. The molecule has 2 heterocycles. The molecule has 0 saturated carbocycles. The third kappa shape index (κ3) is 6.44. The standard InChI is InChI=1S/C19H29N5O10S2/c1-6-22-7-8-23(16(29)15(22)28)18(30)21-11(10(2)34-9-25)13(26)20-12-14(27)24(36(31,32)33)17(12)35-19(3,4)5/h9-12,17H,6-8H2,1-5H3,(H,20,26)(H,21,30)(H,31,32,33)/t10-,11?,12+,17+/m0/s1. The molecule has 202 valence electrons. The molecular weight excluding hydrogens is 522 g/mol. The SMILES string of the molecule is CCN1CCN(C(=O)NC(C(=O)N[C@@H]2C(=O)N(S(=O)(=O)O)[C@@H]2SC(C)(C)C)[C@H](C)OC=O)C(=O)C1=O. The normalized spacial score (nSPS) is 22.5. The van der Waals surface area contributed by atoms with Crippen LogP contribution in [0.2, 0.25) is 0 Å². The maximum absolute atomic E-state index is 13.0. The molecule has 6 amide bonds. The monoisotopic (exact) mass is 551 g/mol. The van der Waals surface area contributed by atoms with Gasteiger partial charge in [0.1, 0.15) is 23.6 Å². The van der Waals surface area contributed by atoms with E-state index in [1.807, 2.05) is 0 Å². The van der Waals surface area contributed by atoms with E-state index < -0.39 is 68.3 Å². The molecule has 0 bridgehead atoms. The van der Waals surface area contributed by atoms with Crippen LogP contribution in [0.3, 0.4) is 0 Å². The highest BCUT2D eigenvalue weighted by atomic mass is 32.2. The number of hydrogen-bond donors (Lipinski definition) is 3. The summed E-state index contributed by atoms with van der Waals surface area (Å²) in [7, 11) is -4.91. The fourth-order valence-corrected chi connectivity index (χ4v) is 5.91. The third-order valence-corrected chi connectivity index (χ3v) is 7.73. The largest absolute Gasteiger partial charge is 0.462 e. The van der Waals surface area contributed by atoms with E-state index in [4.69, 9.17) is 4.74 Å². The fourth-order valence-electron chi connectivity index (χ4n) is 3.48. The minimum absolute atomic E-state index is 0.0264. The highest BCUT2D eigenvalue weighted by molar-refractivity contribution is 8.02. The van der Waals surface area contributed by atoms with Gasteiger partial charge in [-0.25, -0.2) is 4.79 Å². The number of likely N-dealkylation sites (N-methyl/N-ethyl adjacent to an activating group) is 1. The lowest BCUT2D eigenvalue weighted by molar-refractivity contribution is -0.153. The molecule has 15 nitrogen and oxygen atoms in total. The van der Waals surface area contributed by atoms with Gasteiger partial charge in [-0.3, -0.25) is 33.4 Å². The van der Waals surface area contributed by atoms with Crippen LogP contribution in [0.4, 0.5) is 4.79 Å². The van der Waals surface area contributed by atoms with Crippen molar-refractivity contribution in [3.05, 3.63) is 0 Å². The molecular formula is C19H29N5O10S2. The molecule has 17 heteroatoms. The predicted octanol–water partition coefficient (Wildman–Crippen LogP) is -1.70. The van der Waals surface area contributed by atoms with E-state index in [1.165, 1.54) is 11.8 Å². The molecule has 0 spiro atoms. The predicted molar refractivity (Wildman–Crippen MR) is 124 cm³/mol. The Morgan fingerprint density at radius 1 is 1.22 bits per heavy atom. The van der Waals surface area contributed by atoms with Crippen molar-refractivity contribution in [2.45, 2.75) is 62.9 Å². The second-order valence-corrected chi connectivity index (χ2v) is 12.2. The average molecular weight is 552 g/mol. The van der Waals surface area contributed by atoms with Gasteiger partial charge in [0.2, 0.25) is 5.91 Å². The first-order valence-electron chi connectivity index (χ1n) is 10.8. The quantitative estimate of drug-likeness (QED) is 0.128. The lowest BCUT2D eigenvalue weighted by Gasteiger charge is -2.46. The lowest BCUT2D eigenvalue weighted by atomic mass is 10.1. The van der Waals surface area contributed by atoms with Crippen LogP contribution >= 0.6 is 11.8 Å². The topological polar surface area (TPSA) is 200 Å². The summed E-state index contributed by atoms with van der Waals surface area (Å²) in [6, 6.07) is -4.13. The van der Waals surface area contributed by atoms with Crippen LogP contribution in [0.1, 0.15) is 34.6 Å². The number of hydrogen-bond acceptors (Lipinski definition) is 10. The Bertz CT molecular complexity index is 1040. The summed E-state index contributed by atoms with van der Waals surface area (Å²) < 4.78 is 37.1. The van der Waals surface area contributed by atoms with Crippen LogP contribution < -0.4 is 10.6 Å². The Hall–Kier alpha value is -2.92. The number of thioether (sulfide) groups is 1. The molecule has 3 N–H and O–H groups in total. The zero-order valence-electron chi connectivity index (χ0n) is 20.3. The first kappa shape index (κ1) is 29.3. The molecule has 2 rings (SSSR count). The molecule has 1 unspecified atom stereocenters. The number of imide groups is 1. The Kier molecular flexibility index (Phi) is 8.96. The summed E-state index contributed by atoms with van der Waals surface area (Å²) in [6.07, 6.45) is -1.28. The first-order chi connectivity index (χ1) is 16.5. The number of carbonyl (C=O) groups excluding carboxylic acids is 6. The van der Waals surface area contributed by atoms with Gasteiger partial charge in [0.05, 0.1) is 0 Å². The number of β-lactam (4-membered cyclic amide) rings is 1. The minimum Gasteiger partial charge on any atom is -0.462 e. The van der Waals surface area contributed by atoms with E-state index in [0.717, 1.165) is 11.8 Å². The van der Waals surface area contributed by atoms with Crippen molar-refractivity contribution in [2.24, 2.45) is 0 Å². The van der Waals surface area contributed by atoms with Crippen molar-refractivity contribution in [3.8, 4) is 0 Å². The Morgan fingerprint density at radius 3 is 2.33 bits per heavy atom. The van der Waals surface area contributed by atoms with Crippen molar-refractivity contribution in [1.82, 2.24) is 24.7 Å². The van der Waals surface area contributed by atoms with Gasteiger partial charge in [0, 0.05) is 24.4 Å². The van der Waals surface area contributed by atoms with Gasteiger partial charge < -0.3 is 20.3 Å². The molecule has 2 saturated heterocycles. The van der Waals surface area contributed by atoms with Gasteiger partial charge in [-0.2, -0.15) is 12.7 Å². The molecule has 0 aromatic rings. The van der Waals surface area contributed by atoms with Crippen LogP contribution in [0.5, 0.6) is 0 Å². The number of nitrogens with one attached hydrogen (secondary N) is 2. The number of urea groups is 1. The van der Waals surface area contributed by atoms with Gasteiger partial charge in [0.25, 0.3) is 12.4 Å². The summed E-state index contributed by atoms with van der Waals surface area (Å²) in [5.74, 6) is -4.15. The smallest absolute Gasteiger partial charge is 0.363 e. The van der Waals surface area contributed by atoms with Gasteiger partial charge >= 0.3 is 28.1 Å². The van der Waals surface area contributed by atoms with Crippen LogP contribution in [0, 0.1) is 0 Å². The van der Waals surface area contributed by atoms with E-state index in [0.29, 0.717) is 4.90 Å². The summed E-state index contributed by atoms with van der Waals surface area (Å²) in [4.78, 5) is 75.4. The van der Waals surface area contributed by atoms with Crippen LogP contribution in [0.15, 0.2) is 0 Å². The molecule has 0 aromatic carbocycles. The lowest BCUT2D eigenvalue weighted by Crippen LogP contribution is -2.73. The van der Waals surface area contributed by atoms with E-state index in [2.05, 4.69) is 10.6 Å². The summed E-state index contributed by atoms with van der Waals surface area (Å²) in [6.45, 7) is 8.32. The van der Waals surface area contributed by atoms with E-state index in [-0.39, 0.29) is 30.4 Å². The summed E-state index contributed by atoms with van der Waals surface area (Å²) in [5, 5.41) is 3.34. The Morgan fingerprint density at radius 2 is 1.83 bits per heavy atom. The Labute approximate surface area is 212 Å². The molecule has 0 aromatic heterocycles. The first-order valence-corrected chi connectivity index (χ1v) is 13.1. The second kappa shape index (κ2) is 11.0. The molecule has 2 fully saturated rings. The van der Waals surface area contributed by atoms with Crippen LogP contribution in [0.25, 0.3) is 0 Å². The van der Waals surface area contributed by atoms with Crippen molar-refractivity contribution in [2.75, 3.05) is 19.6 Å². The number of piperazine rings is 1. The number of carbonyl (C=O) groups is 6. The molecule has 2 aliphatic rings. The van der Waals surface area contributed by atoms with Gasteiger partial charge in [-0.1, -0.05) is 20.8 Å². The molecule has 0 aliphatic carbocycles. The zero-order chi connectivity index (χ0) is 27.6. The van der Waals surface area contributed by atoms with Crippen molar-refractivity contribution in [1.29, 1.82) is 0 Å². The van der Waals surface area contributed by atoms with Crippen molar-refractivity contribution in [3.63, 3.8) is 0 Å². The fraction of sp³-hybridized carbons (Fsp3) is 0.684. The van der Waals surface area contributed by atoms with Crippen LogP contribution in [-0.4, -0.2) is 111 Å². The van der Waals surface area contributed by atoms with Gasteiger partial charge in [-0.15, -0.1) is 11.8 Å². The maximum Gasteiger partial charge on any atom is 0.363 e. The van der Waals surface area contributed by atoms with Gasteiger partial charge in [0.15, 0.2) is 0 Å². The summed E-state index contributed by atoms with van der Waals surface area (Å²) in [5.41, 5.74) is 0. The van der Waals surface area contributed by atoms with Crippen molar-refractivity contribution >= 4 is 58.2 Å². The molecule has 0 radical (unpaired) electrons. The second-order valence-electron chi connectivity index (χ2n) is 8.93. The highest BCUT2D eigenvalue weighted by Gasteiger charge is 2.56. The van der Waals surface area contributed by atoms with E-state index in [9.17, 15) is 41.7 Å². The average Bonchev–Trinajstić information content (AvgIpc) is 2.75. The molecule has 4 atom stereocenters. The number of ether oxygens (including phenoxy) is 1. The van der Waals surface area contributed by atoms with Crippen LogP contribution in [-0.2, 0) is 39.0 Å². The van der Waals surface area contributed by atoms with E-state index in [1.54, 1.807) is 27.7 Å². The van der Waals surface area contributed by atoms with E-state index >= 15 is 0 Å². The Balaban J connectivity index is 2.23. The number of nitrogens with zero attached hydrogens (tertiary/aromatic N) is 3. The van der Waals surface area contributed by atoms with Gasteiger partial charge in [-0.05, 0) is 13.8 Å². The third-order valence-electron chi connectivity index (χ3n) is 5.26. The number of amides is 6. The molecule has 2 aliphatic heterocycles.